The van der Waals surface area contributed by atoms with Crippen LogP contribution in [-0.2, 0) is 11.8 Å². The smallest absolute Gasteiger partial charge is 0.148 e. The second-order valence-corrected chi connectivity index (χ2v) is 3.48. The van der Waals surface area contributed by atoms with E-state index in [0.717, 1.165) is 32.1 Å². The molecule has 1 saturated heterocycles. The summed E-state index contributed by atoms with van der Waals surface area (Å²) in [5.41, 5.74) is 0. The SMILES string of the molecule is Cn1ccc(NCC2COCCN2)n1. The number of hydrogen-bond acceptors (Lipinski definition) is 4. The minimum Gasteiger partial charge on any atom is -0.378 e. The van der Waals surface area contributed by atoms with Crippen molar-refractivity contribution in [2.24, 2.45) is 7.05 Å². The van der Waals surface area contributed by atoms with Gasteiger partial charge in [-0.2, -0.15) is 5.10 Å². The van der Waals surface area contributed by atoms with Gasteiger partial charge in [-0.05, 0) is 0 Å². The van der Waals surface area contributed by atoms with E-state index in [1.54, 1.807) is 4.68 Å². The van der Waals surface area contributed by atoms with E-state index in [2.05, 4.69) is 15.7 Å². The lowest BCUT2D eigenvalue weighted by atomic mass is 10.3. The summed E-state index contributed by atoms with van der Waals surface area (Å²) in [5, 5.41) is 10.9. The lowest BCUT2D eigenvalue weighted by Crippen LogP contribution is -2.45. The van der Waals surface area contributed by atoms with Crippen molar-refractivity contribution in [3.63, 3.8) is 0 Å². The summed E-state index contributed by atoms with van der Waals surface area (Å²) in [6.07, 6.45) is 1.92. The molecule has 1 atom stereocenters. The van der Waals surface area contributed by atoms with Gasteiger partial charge >= 0.3 is 0 Å². The summed E-state index contributed by atoms with van der Waals surface area (Å²) in [5.74, 6) is 0.917. The van der Waals surface area contributed by atoms with Crippen molar-refractivity contribution < 1.29 is 4.74 Å². The summed E-state index contributed by atoms with van der Waals surface area (Å²) < 4.78 is 7.13. The molecule has 2 N–H and O–H groups in total. The zero-order valence-corrected chi connectivity index (χ0v) is 8.36. The van der Waals surface area contributed by atoms with Crippen LogP contribution in [0.4, 0.5) is 5.82 Å². The Bertz CT molecular complexity index is 280. The van der Waals surface area contributed by atoms with E-state index in [1.807, 2.05) is 19.3 Å². The lowest BCUT2D eigenvalue weighted by Gasteiger charge is -2.23. The maximum atomic E-state index is 5.35. The molecule has 0 aromatic carbocycles. The molecule has 14 heavy (non-hydrogen) atoms. The Morgan fingerprint density at radius 3 is 3.36 bits per heavy atom. The van der Waals surface area contributed by atoms with Gasteiger partial charge in [0, 0.05) is 38.4 Å². The Labute approximate surface area is 83.4 Å². The van der Waals surface area contributed by atoms with Gasteiger partial charge < -0.3 is 15.4 Å². The maximum Gasteiger partial charge on any atom is 0.148 e. The molecule has 0 aliphatic carbocycles. The van der Waals surface area contributed by atoms with Gasteiger partial charge in [-0.25, -0.2) is 0 Å². The number of aryl methyl sites for hydroxylation is 1. The van der Waals surface area contributed by atoms with E-state index < -0.39 is 0 Å². The Kier molecular flexibility index (Phi) is 3.00. The molecule has 1 aromatic heterocycles. The van der Waals surface area contributed by atoms with Crippen molar-refractivity contribution in [3.05, 3.63) is 12.3 Å². The largest absolute Gasteiger partial charge is 0.378 e. The van der Waals surface area contributed by atoms with Crippen LogP contribution in [0.2, 0.25) is 0 Å². The predicted molar refractivity (Wildman–Crippen MR) is 54.3 cm³/mol. The van der Waals surface area contributed by atoms with Crippen LogP contribution in [0.15, 0.2) is 12.3 Å². The van der Waals surface area contributed by atoms with Gasteiger partial charge in [-0.3, -0.25) is 4.68 Å². The van der Waals surface area contributed by atoms with Crippen LogP contribution in [0.25, 0.3) is 0 Å². The first-order chi connectivity index (χ1) is 6.84. The Morgan fingerprint density at radius 1 is 1.79 bits per heavy atom. The molecule has 0 saturated carbocycles. The molecular formula is C9H16N4O. The number of hydrogen-bond donors (Lipinski definition) is 2. The average molecular weight is 196 g/mol. The molecule has 0 bridgehead atoms. The second kappa shape index (κ2) is 4.43. The summed E-state index contributed by atoms with van der Waals surface area (Å²) in [7, 11) is 1.91. The molecule has 5 nitrogen and oxygen atoms in total. The monoisotopic (exact) mass is 196 g/mol. The van der Waals surface area contributed by atoms with E-state index in [-0.39, 0.29) is 0 Å². The van der Waals surface area contributed by atoms with Gasteiger partial charge in [0.25, 0.3) is 0 Å². The van der Waals surface area contributed by atoms with Crippen molar-refractivity contribution in [2.75, 3.05) is 31.6 Å². The molecule has 5 heteroatoms. The fourth-order valence-electron chi connectivity index (χ4n) is 1.49. The van der Waals surface area contributed by atoms with Gasteiger partial charge in [-0.15, -0.1) is 0 Å². The lowest BCUT2D eigenvalue weighted by molar-refractivity contribution is 0.0806. The van der Waals surface area contributed by atoms with E-state index in [0.29, 0.717) is 6.04 Å². The van der Waals surface area contributed by atoms with Crippen LogP contribution in [0.3, 0.4) is 0 Å². The van der Waals surface area contributed by atoms with Gasteiger partial charge in [0.2, 0.25) is 0 Å². The molecule has 1 aliphatic rings. The van der Waals surface area contributed by atoms with E-state index in [1.165, 1.54) is 0 Å². The van der Waals surface area contributed by atoms with Crippen LogP contribution < -0.4 is 10.6 Å². The summed E-state index contributed by atoms with van der Waals surface area (Å²) in [4.78, 5) is 0. The molecule has 1 aromatic rings. The number of nitrogens with zero attached hydrogens (tertiary/aromatic N) is 2. The van der Waals surface area contributed by atoms with Crippen LogP contribution in [0, 0.1) is 0 Å². The van der Waals surface area contributed by atoms with Crippen LogP contribution in [0.5, 0.6) is 0 Å². The molecule has 0 amide bonds. The predicted octanol–water partition coefficient (Wildman–Crippen LogP) is -0.180. The van der Waals surface area contributed by atoms with Gasteiger partial charge in [0.05, 0.1) is 13.2 Å². The van der Waals surface area contributed by atoms with E-state index in [4.69, 9.17) is 4.74 Å². The van der Waals surface area contributed by atoms with Crippen molar-refractivity contribution >= 4 is 5.82 Å². The van der Waals surface area contributed by atoms with E-state index in [9.17, 15) is 0 Å². The second-order valence-electron chi connectivity index (χ2n) is 3.48. The Hall–Kier alpha value is -1.07. The first kappa shape index (κ1) is 9.48. The number of morpholine rings is 1. The maximum absolute atomic E-state index is 5.35. The minimum absolute atomic E-state index is 0.394. The van der Waals surface area contributed by atoms with Crippen LogP contribution in [0.1, 0.15) is 0 Å². The molecule has 0 radical (unpaired) electrons. The highest BCUT2D eigenvalue weighted by molar-refractivity contribution is 5.32. The third-order valence-corrected chi connectivity index (χ3v) is 2.24. The topological polar surface area (TPSA) is 51.1 Å². The molecule has 1 aliphatic heterocycles. The minimum atomic E-state index is 0.394. The van der Waals surface area contributed by atoms with Crippen LogP contribution in [-0.4, -0.2) is 42.1 Å². The van der Waals surface area contributed by atoms with Gasteiger partial charge in [0.1, 0.15) is 5.82 Å². The summed E-state index contributed by atoms with van der Waals surface area (Å²) >= 11 is 0. The van der Waals surface area contributed by atoms with Crippen molar-refractivity contribution in [1.29, 1.82) is 0 Å². The van der Waals surface area contributed by atoms with Crippen LogP contribution >= 0.6 is 0 Å². The molecule has 0 spiro atoms. The van der Waals surface area contributed by atoms with Crippen molar-refractivity contribution in [1.82, 2.24) is 15.1 Å². The zero-order valence-electron chi connectivity index (χ0n) is 8.36. The fraction of sp³-hybridized carbons (Fsp3) is 0.667. The first-order valence-corrected chi connectivity index (χ1v) is 4.89. The molecule has 2 heterocycles. The number of anilines is 1. The highest BCUT2D eigenvalue weighted by atomic mass is 16.5. The third kappa shape index (κ3) is 2.46. The highest BCUT2D eigenvalue weighted by Crippen LogP contribution is 2.01. The van der Waals surface area contributed by atoms with Crippen molar-refractivity contribution in [3.8, 4) is 0 Å². The van der Waals surface area contributed by atoms with Gasteiger partial charge in [0.15, 0.2) is 0 Å². The summed E-state index contributed by atoms with van der Waals surface area (Å²) in [6.45, 7) is 3.39. The highest BCUT2D eigenvalue weighted by Gasteiger charge is 2.12. The molecule has 2 rings (SSSR count). The number of nitrogens with one attached hydrogen (secondary N) is 2. The number of ether oxygens (including phenoxy) is 1. The Balaban J connectivity index is 1.76. The van der Waals surface area contributed by atoms with Gasteiger partial charge in [-0.1, -0.05) is 0 Å². The molecule has 1 fully saturated rings. The average Bonchev–Trinajstić information content (AvgIpc) is 2.63. The Morgan fingerprint density at radius 2 is 2.71 bits per heavy atom. The number of aromatic nitrogens is 2. The first-order valence-electron chi connectivity index (χ1n) is 4.89. The quantitative estimate of drug-likeness (QED) is 0.704. The fourth-order valence-corrected chi connectivity index (χ4v) is 1.49. The van der Waals surface area contributed by atoms with Crippen molar-refractivity contribution in [2.45, 2.75) is 6.04 Å². The zero-order chi connectivity index (χ0) is 9.80. The summed E-state index contributed by atoms with van der Waals surface area (Å²) in [6, 6.07) is 2.36. The standard InChI is InChI=1S/C9H16N4O/c1-13-4-2-9(12-13)11-6-8-7-14-5-3-10-8/h2,4,8,10H,3,5-7H2,1H3,(H,11,12). The third-order valence-electron chi connectivity index (χ3n) is 2.24. The molecule has 1 unspecified atom stereocenters. The molecular weight excluding hydrogens is 180 g/mol. The number of rotatable bonds is 3. The normalized spacial score (nSPS) is 22.2. The van der Waals surface area contributed by atoms with E-state index >= 15 is 0 Å². The molecule has 78 valence electrons.